The summed E-state index contributed by atoms with van der Waals surface area (Å²) in [5.74, 6) is 0. The third-order valence-electron chi connectivity index (χ3n) is 7.88. The lowest BCUT2D eigenvalue weighted by Gasteiger charge is -2.42. The molecule has 6 heteroatoms. The topological polar surface area (TPSA) is 6.48 Å². The zero-order chi connectivity index (χ0) is 30.9. The summed E-state index contributed by atoms with van der Waals surface area (Å²) in [5, 5.41) is 4.01. The molecule has 4 atom stereocenters. The molecule has 0 saturated carbocycles. The molecule has 222 valence electrons. The monoisotopic (exact) mass is 640 g/mol. The van der Waals surface area contributed by atoms with E-state index in [1.807, 2.05) is 27.7 Å². The van der Waals surface area contributed by atoms with Gasteiger partial charge in [-0.3, -0.25) is 0 Å². The summed E-state index contributed by atoms with van der Waals surface area (Å²) in [6, 6.07) is 25.8. The van der Waals surface area contributed by atoms with Gasteiger partial charge < -0.3 is 0 Å². The van der Waals surface area contributed by atoms with Crippen molar-refractivity contribution in [2.75, 3.05) is 10.0 Å². The van der Waals surface area contributed by atoms with E-state index in [-0.39, 0.29) is 21.5 Å². The largest absolute Gasteiger partial charge is 0.248 e. The number of hydrogen-bond acceptors (Lipinski definition) is 2. The Balaban J connectivity index is 2.19. The van der Waals surface area contributed by atoms with Crippen molar-refractivity contribution in [2.24, 2.45) is 0 Å². The van der Waals surface area contributed by atoms with Gasteiger partial charge in [-0.15, -0.1) is 46.4 Å². The second kappa shape index (κ2) is 13.5. The molecule has 4 unspecified atom stereocenters. The molecule has 0 aliphatic heterocycles. The lowest BCUT2D eigenvalue weighted by molar-refractivity contribution is 0.943. The molecule has 0 fully saturated rings. The van der Waals surface area contributed by atoms with Crippen LogP contribution in [0.15, 0.2) is 72.8 Å². The molecule has 0 heterocycles. The maximum Gasteiger partial charge on any atom is 0.0669 e. The van der Waals surface area contributed by atoms with Gasteiger partial charge in [-0.25, -0.2) is 10.0 Å². The summed E-state index contributed by atoms with van der Waals surface area (Å²) in [7, 11) is 0. The Labute approximate surface area is 272 Å². The van der Waals surface area contributed by atoms with Crippen molar-refractivity contribution in [3.05, 3.63) is 117 Å². The summed E-state index contributed by atoms with van der Waals surface area (Å²) in [6.45, 7) is 16.6. The van der Waals surface area contributed by atoms with Gasteiger partial charge in [0.15, 0.2) is 0 Å². The molecule has 0 aliphatic carbocycles. The molecule has 0 bridgehead atoms. The van der Waals surface area contributed by atoms with Gasteiger partial charge in [-0.1, -0.05) is 48.5 Å². The summed E-state index contributed by atoms with van der Waals surface area (Å²) in [4.78, 5) is 0. The van der Waals surface area contributed by atoms with Crippen LogP contribution in [0.25, 0.3) is 0 Å². The van der Waals surface area contributed by atoms with Crippen LogP contribution in [0.1, 0.15) is 93.7 Å². The van der Waals surface area contributed by atoms with Crippen LogP contribution in [0, 0.1) is 27.7 Å². The van der Waals surface area contributed by atoms with Gasteiger partial charge in [0.25, 0.3) is 0 Å². The Morgan fingerprint density at radius 2 is 0.571 bits per heavy atom. The van der Waals surface area contributed by atoms with Crippen LogP contribution in [0.3, 0.4) is 0 Å². The van der Waals surface area contributed by atoms with Crippen molar-refractivity contribution in [3.63, 3.8) is 0 Å². The highest BCUT2D eigenvalue weighted by Gasteiger charge is 2.28. The fraction of sp³-hybridized carbons (Fsp3) is 0.333. The highest BCUT2D eigenvalue weighted by atomic mass is 35.5. The second-order valence-electron chi connectivity index (χ2n) is 11.3. The zero-order valence-corrected chi connectivity index (χ0v) is 28.7. The summed E-state index contributed by atoms with van der Waals surface area (Å²) >= 11 is 26.7. The van der Waals surface area contributed by atoms with Gasteiger partial charge >= 0.3 is 0 Å². The summed E-state index contributed by atoms with van der Waals surface area (Å²) in [6.07, 6.45) is 0. The molecule has 0 amide bonds. The van der Waals surface area contributed by atoms with Gasteiger partial charge in [-0.2, -0.15) is 0 Å². The number of hydrazine groups is 1. The minimum absolute atomic E-state index is 0.153. The van der Waals surface area contributed by atoms with Crippen molar-refractivity contribution < 1.29 is 0 Å². The van der Waals surface area contributed by atoms with Crippen LogP contribution in [0.4, 0.5) is 22.7 Å². The van der Waals surface area contributed by atoms with E-state index >= 15 is 0 Å². The maximum atomic E-state index is 6.67. The third kappa shape index (κ3) is 6.89. The number of nitrogens with zero attached hydrogens (tertiary/aromatic N) is 2. The predicted octanol–water partition coefficient (Wildman–Crippen LogP) is 13.0. The number of benzene rings is 4. The molecule has 0 aliphatic rings. The first kappa shape index (κ1) is 32.6. The normalized spacial score (nSPS) is 14.3. The van der Waals surface area contributed by atoms with Crippen molar-refractivity contribution in [2.45, 2.75) is 76.9 Å². The van der Waals surface area contributed by atoms with Crippen LogP contribution in [0.5, 0.6) is 0 Å². The zero-order valence-electron chi connectivity index (χ0n) is 25.6. The van der Waals surface area contributed by atoms with E-state index < -0.39 is 0 Å². The van der Waals surface area contributed by atoms with Gasteiger partial charge in [0, 0.05) is 0 Å². The van der Waals surface area contributed by atoms with E-state index in [2.05, 4.69) is 111 Å². The van der Waals surface area contributed by atoms with Gasteiger partial charge in [0.2, 0.25) is 0 Å². The minimum atomic E-state index is -0.153. The number of rotatable bonds is 9. The molecule has 4 aromatic carbocycles. The molecule has 0 N–H and O–H groups in total. The lowest BCUT2D eigenvalue weighted by Crippen LogP contribution is -2.38. The lowest BCUT2D eigenvalue weighted by atomic mass is 10.0. The van der Waals surface area contributed by atoms with Gasteiger partial charge in [-0.05, 0) is 124 Å². The molecule has 2 nitrogen and oxygen atoms in total. The Hall–Kier alpha value is -2.36. The van der Waals surface area contributed by atoms with E-state index in [9.17, 15) is 0 Å². The van der Waals surface area contributed by atoms with Crippen LogP contribution in [-0.2, 0) is 0 Å². The number of alkyl halides is 4. The van der Waals surface area contributed by atoms with Gasteiger partial charge in [0.1, 0.15) is 0 Å². The first-order valence-electron chi connectivity index (χ1n) is 14.4. The van der Waals surface area contributed by atoms with Crippen LogP contribution in [0.2, 0.25) is 0 Å². The Bertz CT molecular complexity index is 1330. The smallest absolute Gasteiger partial charge is 0.0669 e. The number of anilines is 4. The average molecular weight is 643 g/mol. The highest BCUT2D eigenvalue weighted by Crippen LogP contribution is 2.45. The second-order valence-corrected chi connectivity index (χ2v) is 13.9. The van der Waals surface area contributed by atoms with E-state index in [1.54, 1.807) is 0 Å². The molecule has 42 heavy (non-hydrogen) atoms. The van der Waals surface area contributed by atoms with Crippen molar-refractivity contribution in [3.8, 4) is 0 Å². The first-order chi connectivity index (χ1) is 19.8. The predicted molar refractivity (Wildman–Crippen MR) is 186 cm³/mol. The third-order valence-corrected chi connectivity index (χ3v) is 8.89. The number of aryl methyl sites for hydroxylation is 4. The molecular weight excluding hydrogens is 602 g/mol. The van der Waals surface area contributed by atoms with Crippen molar-refractivity contribution >= 4 is 69.2 Å². The molecule has 4 aromatic rings. The fourth-order valence-corrected chi connectivity index (χ4v) is 5.64. The quantitative estimate of drug-likeness (QED) is 0.132. The SMILES string of the molecule is Cc1ccc(C(C)Cl)cc1N(c1cc(C(C)Cl)ccc1C)N(c1cc(C(C)Cl)ccc1C)c1cc(C(C)Cl)ccc1C. The number of hydrogen-bond donors (Lipinski definition) is 0. The van der Waals surface area contributed by atoms with Crippen LogP contribution < -0.4 is 10.0 Å². The Morgan fingerprint density at radius 3 is 0.738 bits per heavy atom. The van der Waals surface area contributed by atoms with Crippen LogP contribution in [-0.4, -0.2) is 0 Å². The van der Waals surface area contributed by atoms with Crippen LogP contribution >= 0.6 is 46.4 Å². The van der Waals surface area contributed by atoms with E-state index in [4.69, 9.17) is 46.4 Å². The Kier molecular flexibility index (Phi) is 10.5. The Morgan fingerprint density at radius 1 is 0.381 bits per heavy atom. The summed E-state index contributed by atoms with van der Waals surface area (Å²) in [5.41, 5.74) is 12.7. The molecule has 0 spiro atoms. The van der Waals surface area contributed by atoms with Gasteiger partial charge in [0.05, 0.1) is 44.3 Å². The standard InChI is InChI=1S/C36H40Cl4N2/c1-21-9-13-29(25(5)37)17-33(21)41(34-18-30(26(6)38)14-10-22(34)2)42(35-19-31(27(7)39)15-11-23(35)3)36-20-32(28(8)40)16-12-24(36)4/h9-20,25-28H,1-8H3. The average Bonchev–Trinajstić information content (AvgIpc) is 2.93. The molecule has 4 rings (SSSR count). The van der Waals surface area contributed by atoms with Crippen molar-refractivity contribution in [1.82, 2.24) is 0 Å². The molecular formula is C36H40Cl4N2. The molecule has 0 radical (unpaired) electrons. The fourth-order valence-electron chi connectivity index (χ4n) is 5.10. The highest BCUT2D eigenvalue weighted by molar-refractivity contribution is 6.21. The maximum absolute atomic E-state index is 6.67. The molecule has 0 aromatic heterocycles. The first-order valence-corrected chi connectivity index (χ1v) is 16.1. The minimum Gasteiger partial charge on any atom is -0.248 e. The number of halogens is 4. The summed E-state index contributed by atoms with van der Waals surface area (Å²) < 4.78 is 0. The van der Waals surface area contributed by atoms with E-state index in [0.29, 0.717) is 0 Å². The molecule has 0 saturated heterocycles. The van der Waals surface area contributed by atoms with E-state index in [1.165, 1.54) is 0 Å². The van der Waals surface area contributed by atoms with E-state index in [0.717, 1.165) is 67.3 Å². The van der Waals surface area contributed by atoms with Crippen molar-refractivity contribution in [1.29, 1.82) is 0 Å².